The number of benzene rings is 1. The van der Waals surface area contributed by atoms with Gasteiger partial charge in [-0.05, 0) is 36.6 Å². The highest BCUT2D eigenvalue weighted by atomic mass is 16.3. The number of aryl methyl sites for hydroxylation is 2. The van der Waals surface area contributed by atoms with Crippen LogP contribution in [0.3, 0.4) is 0 Å². The molecule has 0 spiro atoms. The maximum absolute atomic E-state index is 10.1. The summed E-state index contributed by atoms with van der Waals surface area (Å²) in [5, 5.41) is 9.68. The zero-order valence-corrected chi connectivity index (χ0v) is 8.37. The zero-order valence-electron chi connectivity index (χ0n) is 8.37. The number of aromatic hydroxyl groups is 1. The van der Waals surface area contributed by atoms with Gasteiger partial charge < -0.3 is 5.11 Å². The van der Waals surface area contributed by atoms with Crippen LogP contribution in [0.1, 0.15) is 24.5 Å². The Labute approximate surface area is 83.1 Å². The van der Waals surface area contributed by atoms with Crippen LogP contribution in [0.4, 0.5) is 5.69 Å². The first-order chi connectivity index (χ1) is 6.69. The summed E-state index contributed by atoms with van der Waals surface area (Å²) in [6.45, 7) is 3.82. The Morgan fingerprint density at radius 2 is 2.21 bits per heavy atom. The normalized spacial score (nSPS) is 9.57. The summed E-state index contributed by atoms with van der Waals surface area (Å²) in [5.41, 5.74) is 2.13. The minimum atomic E-state index is 0.302. The summed E-state index contributed by atoms with van der Waals surface area (Å²) in [6, 6.07) is 3.39. The summed E-state index contributed by atoms with van der Waals surface area (Å²) < 4.78 is 0. The van der Waals surface area contributed by atoms with E-state index in [1.54, 1.807) is 19.1 Å². The second-order valence-electron chi connectivity index (χ2n) is 3.22. The monoisotopic (exact) mass is 191 g/mol. The largest absolute Gasteiger partial charge is 0.507 e. The van der Waals surface area contributed by atoms with E-state index in [1.807, 2.05) is 6.92 Å². The van der Waals surface area contributed by atoms with E-state index >= 15 is 0 Å². The molecule has 0 fully saturated rings. The van der Waals surface area contributed by atoms with Crippen molar-refractivity contribution < 1.29 is 9.90 Å². The van der Waals surface area contributed by atoms with Gasteiger partial charge in [-0.25, -0.2) is 4.79 Å². The molecule has 0 aliphatic rings. The molecule has 0 saturated heterocycles. The molecule has 1 N–H and O–H groups in total. The Hall–Kier alpha value is -1.60. The predicted molar refractivity (Wildman–Crippen MR) is 54.6 cm³/mol. The van der Waals surface area contributed by atoms with Crippen molar-refractivity contribution in [3.8, 4) is 5.75 Å². The third kappa shape index (κ3) is 2.21. The molecule has 74 valence electrons. The molecule has 0 bridgehead atoms. The standard InChI is InChI=1S/C11H13NO2/c1-3-4-9-6-10(12-7-13)5-8(2)11(9)14/h5-6,14H,3-4H2,1-2H3. The number of phenols is 1. The molecule has 0 aromatic heterocycles. The lowest BCUT2D eigenvalue weighted by atomic mass is 10.0. The number of phenolic OH excluding ortho intramolecular Hbond substituents is 1. The molecule has 14 heavy (non-hydrogen) atoms. The van der Waals surface area contributed by atoms with Gasteiger partial charge in [-0.15, -0.1) is 0 Å². The van der Waals surface area contributed by atoms with Crippen molar-refractivity contribution in [2.45, 2.75) is 26.7 Å². The number of aliphatic imine (C=N–C) groups is 1. The molecule has 0 heterocycles. The number of carbonyl (C=O) groups excluding carboxylic acids is 1. The van der Waals surface area contributed by atoms with Crippen LogP contribution >= 0.6 is 0 Å². The van der Waals surface area contributed by atoms with Gasteiger partial charge in [-0.2, -0.15) is 4.99 Å². The maximum Gasteiger partial charge on any atom is 0.240 e. The van der Waals surface area contributed by atoms with E-state index in [4.69, 9.17) is 0 Å². The molecule has 3 heteroatoms. The Balaban J connectivity index is 3.20. The molecule has 0 amide bonds. The minimum Gasteiger partial charge on any atom is -0.507 e. The first-order valence-electron chi connectivity index (χ1n) is 4.59. The smallest absolute Gasteiger partial charge is 0.240 e. The molecule has 3 nitrogen and oxygen atoms in total. The highest BCUT2D eigenvalue weighted by Crippen LogP contribution is 2.28. The summed E-state index contributed by atoms with van der Waals surface area (Å²) >= 11 is 0. The lowest BCUT2D eigenvalue weighted by molar-refractivity contribution is 0.463. The first kappa shape index (κ1) is 10.5. The maximum atomic E-state index is 10.1. The average Bonchev–Trinajstić information content (AvgIpc) is 2.14. The van der Waals surface area contributed by atoms with E-state index in [2.05, 4.69) is 4.99 Å². The Kier molecular flexibility index (Phi) is 3.43. The molecule has 1 aromatic rings. The molecule has 1 rings (SSSR count). The van der Waals surface area contributed by atoms with Crippen LogP contribution in [0.5, 0.6) is 5.75 Å². The SMILES string of the molecule is CCCc1cc(N=C=O)cc(C)c1O. The van der Waals surface area contributed by atoms with Crippen molar-refractivity contribution in [1.82, 2.24) is 0 Å². The topological polar surface area (TPSA) is 49.7 Å². The van der Waals surface area contributed by atoms with Gasteiger partial charge in [-0.3, -0.25) is 0 Å². The Morgan fingerprint density at radius 3 is 2.79 bits per heavy atom. The predicted octanol–water partition coefficient (Wildman–Crippen LogP) is 2.62. The van der Waals surface area contributed by atoms with Gasteiger partial charge in [0.05, 0.1) is 5.69 Å². The van der Waals surface area contributed by atoms with E-state index in [0.717, 1.165) is 24.0 Å². The lowest BCUT2D eigenvalue weighted by Crippen LogP contribution is -1.87. The van der Waals surface area contributed by atoms with Crippen LogP contribution in [0.2, 0.25) is 0 Å². The number of isocyanates is 1. The fourth-order valence-corrected chi connectivity index (χ4v) is 1.41. The van der Waals surface area contributed by atoms with E-state index in [0.29, 0.717) is 11.4 Å². The zero-order chi connectivity index (χ0) is 10.6. The van der Waals surface area contributed by atoms with Crippen molar-refractivity contribution >= 4 is 11.8 Å². The van der Waals surface area contributed by atoms with Gasteiger partial charge in [0.25, 0.3) is 0 Å². The van der Waals surface area contributed by atoms with Crippen molar-refractivity contribution in [1.29, 1.82) is 0 Å². The molecule has 0 radical (unpaired) electrons. The number of hydrogen-bond donors (Lipinski definition) is 1. The summed E-state index contributed by atoms with van der Waals surface area (Å²) in [4.78, 5) is 13.6. The Bertz CT molecular complexity index is 379. The quantitative estimate of drug-likeness (QED) is 0.589. The van der Waals surface area contributed by atoms with Crippen molar-refractivity contribution in [2.24, 2.45) is 4.99 Å². The molecular weight excluding hydrogens is 178 g/mol. The number of rotatable bonds is 3. The summed E-state index contributed by atoms with van der Waals surface area (Å²) in [7, 11) is 0. The van der Waals surface area contributed by atoms with Crippen molar-refractivity contribution in [2.75, 3.05) is 0 Å². The van der Waals surface area contributed by atoms with Crippen LogP contribution in [0.25, 0.3) is 0 Å². The van der Waals surface area contributed by atoms with Gasteiger partial charge >= 0.3 is 0 Å². The summed E-state index contributed by atoms with van der Waals surface area (Å²) in [6.07, 6.45) is 3.23. The number of nitrogens with zero attached hydrogens (tertiary/aromatic N) is 1. The molecule has 0 atom stereocenters. The molecule has 0 saturated carbocycles. The highest BCUT2D eigenvalue weighted by molar-refractivity contribution is 5.56. The first-order valence-corrected chi connectivity index (χ1v) is 4.59. The Morgan fingerprint density at radius 1 is 1.50 bits per heavy atom. The van der Waals surface area contributed by atoms with Gasteiger partial charge in [0.15, 0.2) is 0 Å². The van der Waals surface area contributed by atoms with Crippen LogP contribution in [-0.2, 0) is 11.2 Å². The van der Waals surface area contributed by atoms with E-state index < -0.39 is 0 Å². The van der Waals surface area contributed by atoms with Gasteiger partial charge in [0.2, 0.25) is 6.08 Å². The lowest BCUT2D eigenvalue weighted by Gasteiger charge is -2.06. The third-order valence-corrected chi connectivity index (χ3v) is 2.06. The molecule has 0 aliphatic carbocycles. The fraction of sp³-hybridized carbons (Fsp3) is 0.364. The second-order valence-corrected chi connectivity index (χ2v) is 3.22. The molecule has 1 aromatic carbocycles. The third-order valence-electron chi connectivity index (χ3n) is 2.06. The van der Waals surface area contributed by atoms with E-state index in [-0.39, 0.29) is 0 Å². The van der Waals surface area contributed by atoms with Crippen molar-refractivity contribution in [3.63, 3.8) is 0 Å². The van der Waals surface area contributed by atoms with Crippen LogP contribution in [0.15, 0.2) is 17.1 Å². The fourth-order valence-electron chi connectivity index (χ4n) is 1.41. The van der Waals surface area contributed by atoms with Gasteiger partial charge in [0, 0.05) is 0 Å². The number of hydrogen-bond acceptors (Lipinski definition) is 3. The molecular formula is C11H13NO2. The van der Waals surface area contributed by atoms with Crippen LogP contribution < -0.4 is 0 Å². The van der Waals surface area contributed by atoms with E-state index in [1.165, 1.54) is 6.08 Å². The van der Waals surface area contributed by atoms with Gasteiger partial charge in [-0.1, -0.05) is 13.3 Å². The minimum absolute atomic E-state index is 0.302. The molecule has 0 aliphatic heterocycles. The second kappa shape index (κ2) is 4.58. The average molecular weight is 191 g/mol. The summed E-state index contributed by atoms with van der Waals surface area (Å²) in [5.74, 6) is 0.302. The van der Waals surface area contributed by atoms with Crippen LogP contribution in [-0.4, -0.2) is 11.2 Å². The molecule has 0 unspecified atom stereocenters. The highest BCUT2D eigenvalue weighted by Gasteiger charge is 2.05. The van der Waals surface area contributed by atoms with Crippen molar-refractivity contribution in [3.05, 3.63) is 23.3 Å². The van der Waals surface area contributed by atoms with Crippen LogP contribution in [0, 0.1) is 6.92 Å². The van der Waals surface area contributed by atoms with Gasteiger partial charge in [0.1, 0.15) is 5.75 Å². The van der Waals surface area contributed by atoms with E-state index in [9.17, 15) is 9.90 Å².